The monoisotopic (exact) mass is 502 g/mol. The Bertz CT molecular complexity index is 801. The molecule has 2 aliphatic heterocycles. The third kappa shape index (κ3) is 4.85. The van der Waals surface area contributed by atoms with Gasteiger partial charge in [0.15, 0.2) is 9.84 Å². The van der Waals surface area contributed by atoms with Gasteiger partial charge < -0.3 is 9.47 Å². The fourth-order valence-corrected chi connectivity index (χ4v) is 6.40. The van der Waals surface area contributed by atoms with E-state index in [1.807, 2.05) is 13.0 Å². The standard InChI is InChI=1S/C21H27IO4S/c1-3-16(2)13-17-9-10-20-21(15-22,26-17)14-18(25-20)11-12-27(23,24)19-7-5-4-6-8-19/h4-8,17-18,20H,1,9-15H2,2H3/t17?,18-,20-,21+/m0/s1. The Hall–Kier alpha value is -0.660. The van der Waals surface area contributed by atoms with E-state index >= 15 is 0 Å². The van der Waals surface area contributed by atoms with Gasteiger partial charge in [-0.3, -0.25) is 0 Å². The van der Waals surface area contributed by atoms with Crippen molar-refractivity contribution in [3.63, 3.8) is 0 Å². The van der Waals surface area contributed by atoms with Crippen LogP contribution in [-0.4, -0.2) is 42.5 Å². The first-order valence-electron chi connectivity index (χ1n) is 9.41. The zero-order valence-electron chi connectivity index (χ0n) is 15.7. The molecule has 4 atom stereocenters. The molecule has 0 amide bonds. The van der Waals surface area contributed by atoms with Gasteiger partial charge in [0.25, 0.3) is 0 Å². The van der Waals surface area contributed by atoms with Crippen LogP contribution in [0.2, 0.25) is 0 Å². The molecule has 0 saturated carbocycles. The predicted molar refractivity (Wildman–Crippen MR) is 115 cm³/mol. The third-order valence-corrected chi connectivity index (χ3v) is 8.60. The summed E-state index contributed by atoms with van der Waals surface area (Å²) in [6, 6.07) is 8.64. The van der Waals surface area contributed by atoms with Crippen LogP contribution in [0.15, 0.2) is 53.1 Å². The van der Waals surface area contributed by atoms with Crippen LogP contribution >= 0.6 is 22.6 Å². The van der Waals surface area contributed by atoms with Crippen molar-refractivity contribution in [3.05, 3.63) is 48.2 Å². The highest BCUT2D eigenvalue weighted by molar-refractivity contribution is 14.1. The summed E-state index contributed by atoms with van der Waals surface area (Å²) in [4.78, 5) is 0.381. The molecule has 0 N–H and O–H groups in total. The Balaban J connectivity index is 1.63. The summed E-state index contributed by atoms with van der Waals surface area (Å²) in [6.07, 6.45) is 4.19. The number of rotatable bonds is 7. The summed E-state index contributed by atoms with van der Waals surface area (Å²) in [7, 11) is -3.28. The number of alkyl halides is 1. The van der Waals surface area contributed by atoms with E-state index in [9.17, 15) is 8.42 Å². The van der Waals surface area contributed by atoms with Gasteiger partial charge in [0.05, 0.1) is 29.0 Å². The molecule has 1 aromatic carbocycles. The summed E-state index contributed by atoms with van der Waals surface area (Å²) < 4.78 is 38.7. The van der Waals surface area contributed by atoms with Crippen molar-refractivity contribution in [2.24, 2.45) is 0 Å². The summed E-state index contributed by atoms with van der Waals surface area (Å²) in [5.41, 5.74) is 3.77. The van der Waals surface area contributed by atoms with Gasteiger partial charge in [0, 0.05) is 17.3 Å². The van der Waals surface area contributed by atoms with Crippen molar-refractivity contribution < 1.29 is 17.9 Å². The molecule has 3 rings (SSSR count). The Morgan fingerprint density at radius 3 is 2.70 bits per heavy atom. The van der Waals surface area contributed by atoms with Crippen LogP contribution in [0.25, 0.3) is 0 Å². The molecule has 0 aromatic heterocycles. The molecule has 6 heteroatoms. The number of ether oxygens (including phenoxy) is 2. The van der Waals surface area contributed by atoms with Crippen molar-refractivity contribution >= 4 is 32.4 Å². The van der Waals surface area contributed by atoms with Gasteiger partial charge in [0.2, 0.25) is 0 Å². The molecular weight excluding hydrogens is 475 g/mol. The van der Waals surface area contributed by atoms with Gasteiger partial charge in [-0.05, 0) is 43.9 Å². The molecule has 1 unspecified atom stereocenters. The first-order chi connectivity index (χ1) is 12.9. The quantitative estimate of drug-likeness (QED) is 0.314. The number of hydrogen-bond acceptors (Lipinski definition) is 4. The molecule has 2 aliphatic rings. The van der Waals surface area contributed by atoms with Crippen LogP contribution in [0.4, 0.5) is 0 Å². The number of hydrogen-bond donors (Lipinski definition) is 0. The van der Waals surface area contributed by atoms with Gasteiger partial charge in [-0.15, -0.1) is 5.73 Å². The third-order valence-electron chi connectivity index (χ3n) is 5.54. The molecule has 4 nitrogen and oxygen atoms in total. The van der Waals surface area contributed by atoms with E-state index in [0.29, 0.717) is 11.3 Å². The number of sulfone groups is 1. The van der Waals surface area contributed by atoms with Crippen molar-refractivity contribution in [2.75, 3.05) is 10.2 Å². The molecule has 27 heavy (non-hydrogen) atoms. The van der Waals surface area contributed by atoms with E-state index < -0.39 is 9.84 Å². The van der Waals surface area contributed by atoms with E-state index in [1.165, 1.54) is 0 Å². The molecule has 0 radical (unpaired) electrons. The van der Waals surface area contributed by atoms with Gasteiger partial charge >= 0.3 is 0 Å². The lowest BCUT2D eigenvalue weighted by molar-refractivity contribution is -0.151. The largest absolute Gasteiger partial charge is 0.372 e. The number of benzene rings is 1. The lowest BCUT2D eigenvalue weighted by atomic mass is 9.87. The Morgan fingerprint density at radius 2 is 2.04 bits per heavy atom. The van der Waals surface area contributed by atoms with Gasteiger partial charge in [-0.1, -0.05) is 47.4 Å². The Labute approximate surface area is 176 Å². The average Bonchev–Trinajstić information content (AvgIpc) is 3.05. The van der Waals surface area contributed by atoms with E-state index in [-0.39, 0.29) is 29.7 Å². The molecule has 2 fully saturated rings. The van der Waals surface area contributed by atoms with Gasteiger partial charge in [0.1, 0.15) is 5.60 Å². The second-order valence-electron chi connectivity index (χ2n) is 7.55. The van der Waals surface area contributed by atoms with Crippen LogP contribution in [0.1, 0.15) is 39.0 Å². The average molecular weight is 502 g/mol. The van der Waals surface area contributed by atoms with E-state index in [2.05, 4.69) is 34.9 Å². The molecule has 0 spiro atoms. The fourth-order valence-electron chi connectivity index (χ4n) is 4.04. The fraction of sp³-hybridized carbons (Fsp3) is 0.571. The number of halogens is 1. The maximum atomic E-state index is 12.6. The van der Waals surface area contributed by atoms with Crippen molar-refractivity contribution in [1.29, 1.82) is 0 Å². The van der Waals surface area contributed by atoms with Crippen LogP contribution in [0, 0.1) is 0 Å². The van der Waals surface area contributed by atoms with Crippen molar-refractivity contribution in [2.45, 2.75) is 67.8 Å². The summed E-state index contributed by atoms with van der Waals surface area (Å²) in [5.74, 6) is 0.105. The molecule has 0 aliphatic carbocycles. The van der Waals surface area contributed by atoms with E-state index in [1.54, 1.807) is 24.3 Å². The van der Waals surface area contributed by atoms with Gasteiger partial charge in [-0.25, -0.2) is 8.42 Å². The smallest absolute Gasteiger partial charge is 0.178 e. The Morgan fingerprint density at radius 1 is 1.30 bits per heavy atom. The highest BCUT2D eigenvalue weighted by Gasteiger charge is 2.52. The molecule has 1 aromatic rings. The topological polar surface area (TPSA) is 52.6 Å². The Kier molecular flexibility index (Phi) is 6.85. The minimum absolute atomic E-state index is 0.0584. The normalized spacial score (nSPS) is 30.5. The highest BCUT2D eigenvalue weighted by Crippen LogP contribution is 2.44. The van der Waals surface area contributed by atoms with E-state index in [4.69, 9.17) is 9.47 Å². The van der Waals surface area contributed by atoms with Crippen LogP contribution in [-0.2, 0) is 19.3 Å². The van der Waals surface area contributed by atoms with Crippen LogP contribution in [0.5, 0.6) is 0 Å². The molecule has 2 saturated heterocycles. The predicted octanol–water partition coefficient (Wildman–Crippen LogP) is 4.48. The minimum atomic E-state index is -3.28. The van der Waals surface area contributed by atoms with Crippen molar-refractivity contribution in [1.82, 2.24) is 0 Å². The van der Waals surface area contributed by atoms with Crippen molar-refractivity contribution in [3.8, 4) is 0 Å². The summed E-state index contributed by atoms with van der Waals surface area (Å²) >= 11 is 2.37. The SMILES string of the molecule is C=C=C(C)CC1CC[C@@H]2O[C@@H](CCS(=O)(=O)c3ccccc3)C[C@]2(CI)O1. The molecule has 0 bridgehead atoms. The second kappa shape index (κ2) is 8.78. The van der Waals surface area contributed by atoms with E-state index in [0.717, 1.165) is 35.7 Å². The molecular formula is C21H27IO4S. The first-order valence-corrected chi connectivity index (χ1v) is 12.6. The van der Waals surface area contributed by atoms with Crippen LogP contribution in [0.3, 0.4) is 0 Å². The molecule has 2 heterocycles. The maximum absolute atomic E-state index is 12.6. The second-order valence-corrected chi connectivity index (χ2v) is 10.4. The maximum Gasteiger partial charge on any atom is 0.178 e. The van der Waals surface area contributed by atoms with Gasteiger partial charge in [-0.2, -0.15) is 0 Å². The summed E-state index contributed by atoms with van der Waals surface area (Å²) in [5, 5.41) is 0. The number of fused-ring (bicyclic) bond motifs is 1. The first kappa shape index (κ1) is 21.1. The molecule has 148 valence electrons. The van der Waals surface area contributed by atoms with Crippen LogP contribution < -0.4 is 0 Å². The zero-order valence-corrected chi connectivity index (χ0v) is 18.7. The summed E-state index contributed by atoms with van der Waals surface area (Å²) in [6.45, 7) is 5.74. The zero-order chi connectivity index (χ0) is 19.5. The lowest BCUT2D eigenvalue weighted by Crippen LogP contribution is -2.49. The lowest BCUT2D eigenvalue weighted by Gasteiger charge is -2.41. The highest BCUT2D eigenvalue weighted by atomic mass is 127. The minimum Gasteiger partial charge on any atom is -0.372 e.